The van der Waals surface area contributed by atoms with Gasteiger partial charge in [0.15, 0.2) is 0 Å². The number of aliphatic hydroxyl groups is 2. The van der Waals surface area contributed by atoms with Crippen molar-refractivity contribution in [2.45, 2.75) is 71.0 Å². The number of fused-ring (bicyclic) bond motifs is 5. The first kappa shape index (κ1) is 14.9. The Morgan fingerprint density at radius 3 is 2.59 bits per heavy atom. The van der Waals surface area contributed by atoms with Gasteiger partial charge in [-0.25, -0.2) is 0 Å². The fraction of sp³-hybridized carbons (Fsp3) is 0.842. The van der Waals surface area contributed by atoms with E-state index in [1.807, 2.05) is 0 Å². The smallest absolute Gasteiger partial charge is 0.0596 e. The van der Waals surface area contributed by atoms with Crippen LogP contribution in [-0.2, 0) is 0 Å². The Kier molecular flexibility index (Phi) is 3.16. The summed E-state index contributed by atoms with van der Waals surface area (Å²) in [5.74, 6) is 1.32. The van der Waals surface area contributed by atoms with Gasteiger partial charge in [0.05, 0.1) is 12.2 Å². The van der Waals surface area contributed by atoms with E-state index in [2.05, 4.69) is 19.9 Å². The summed E-state index contributed by atoms with van der Waals surface area (Å²) < 4.78 is 0. The number of nitrogens with one attached hydrogen (secondary N) is 1. The van der Waals surface area contributed by atoms with Crippen LogP contribution in [0.5, 0.6) is 0 Å². The molecule has 3 N–H and O–H groups in total. The van der Waals surface area contributed by atoms with E-state index in [-0.39, 0.29) is 23.0 Å². The zero-order chi connectivity index (χ0) is 15.7. The third kappa shape index (κ3) is 1.78. The summed E-state index contributed by atoms with van der Waals surface area (Å²) in [6.45, 7) is 4.63. The Hall–Kier alpha value is -0.670. The van der Waals surface area contributed by atoms with E-state index in [0.717, 1.165) is 50.7 Å². The molecule has 7 atom stereocenters. The lowest BCUT2D eigenvalue weighted by Gasteiger charge is -2.57. The number of allylic oxidation sites excluding steroid dienone is 1. The van der Waals surface area contributed by atoms with Gasteiger partial charge < -0.3 is 15.6 Å². The Morgan fingerprint density at radius 1 is 1.05 bits per heavy atom. The molecule has 0 aromatic heterocycles. The molecule has 0 heterocycles. The van der Waals surface area contributed by atoms with Gasteiger partial charge in [-0.15, -0.1) is 0 Å². The lowest BCUT2D eigenvalue weighted by molar-refractivity contribution is -0.0485. The van der Waals surface area contributed by atoms with Crippen molar-refractivity contribution in [3.05, 3.63) is 11.6 Å². The molecule has 0 spiro atoms. The summed E-state index contributed by atoms with van der Waals surface area (Å²) in [4.78, 5) is 0. The molecule has 0 aromatic carbocycles. The van der Waals surface area contributed by atoms with Crippen molar-refractivity contribution < 1.29 is 10.2 Å². The summed E-state index contributed by atoms with van der Waals surface area (Å²) in [5, 5.41) is 29.2. The fourth-order valence-electron chi connectivity index (χ4n) is 6.41. The zero-order valence-electron chi connectivity index (χ0n) is 13.8. The van der Waals surface area contributed by atoms with Crippen molar-refractivity contribution in [1.29, 1.82) is 5.41 Å². The van der Waals surface area contributed by atoms with Gasteiger partial charge in [0.2, 0.25) is 0 Å². The van der Waals surface area contributed by atoms with Crippen molar-refractivity contribution in [2.24, 2.45) is 28.6 Å². The predicted molar refractivity (Wildman–Crippen MR) is 86.8 cm³/mol. The van der Waals surface area contributed by atoms with Crippen molar-refractivity contribution >= 4 is 5.71 Å². The molecule has 0 aromatic rings. The van der Waals surface area contributed by atoms with Crippen LogP contribution in [0, 0.1) is 34.0 Å². The standard InChI is InChI=1S/C19H29NO2/c1-18-7-5-12(21)9-11(18)10-15(20)17-13-3-4-16(22)19(13,2)8-6-14(17)18/h10,12-14,16-17,20-22H,3-9H2,1-2H3/t12?,13-,14+,16?,17?,18-,19-/m0/s1. The van der Waals surface area contributed by atoms with E-state index in [1.165, 1.54) is 5.57 Å². The molecule has 3 fully saturated rings. The molecule has 3 nitrogen and oxygen atoms in total. The monoisotopic (exact) mass is 303 g/mol. The third-order valence-corrected chi connectivity index (χ3v) is 7.91. The van der Waals surface area contributed by atoms with Crippen LogP contribution >= 0.6 is 0 Å². The number of hydrogen-bond donors (Lipinski definition) is 3. The molecular weight excluding hydrogens is 274 g/mol. The fourth-order valence-corrected chi connectivity index (χ4v) is 6.41. The van der Waals surface area contributed by atoms with Crippen LogP contribution < -0.4 is 0 Å². The molecule has 4 aliphatic rings. The van der Waals surface area contributed by atoms with Crippen LogP contribution in [0.3, 0.4) is 0 Å². The molecule has 22 heavy (non-hydrogen) atoms. The highest BCUT2D eigenvalue weighted by Crippen LogP contribution is 2.64. The predicted octanol–water partition coefficient (Wildman–Crippen LogP) is 3.30. The average Bonchev–Trinajstić information content (AvgIpc) is 2.77. The van der Waals surface area contributed by atoms with Gasteiger partial charge in [0, 0.05) is 11.6 Å². The first-order valence-electron chi connectivity index (χ1n) is 9.02. The minimum absolute atomic E-state index is 0.0172. The van der Waals surface area contributed by atoms with Crippen LogP contribution in [0.15, 0.2) is 11.6 Å². The SMILES string of the molecule is C[C@]12CCC(O)CC1=CC(=N)C1[C@H]2CC[C@]2(C)C(O)CC[C@@H]12. The lowest BCUT2D eigenvalue weighted by atomic mass is 9.47. The molecule has 0 radical (unpaired) electrons. The Labute approximate surface area is 133 Å². The highest BCUT2D eigenvalue weighted by molar-refractivity contribution is 5.97. The van der Waals surface area contributed by atoms with Crippen LogP contribution in [0.4, 0.5) is 0 Å². The quantitative estimate of drug-likeness (QED) is 0.643. The van der Waals surface area contributed by atoms with Gasteiger partial charge in [-0.2, -0.15) is 0 Å². The summed E-state index contributed by atoms with van der Waals surface area (Å²) in [6, 6.07) is 0. The second-order valence-electron chi connectivity index (χ2n) is 8.82. The van der Waals surface area contributed by atoms with E-state index >= 15 is 0 Å². The third-order valence-electron chi connectivity index (χ3n) is 7.91. The highest BCUT2D eigenvalue weighted by Gasteiger charge is 2.59. The van der Waals surface area contributed by atoms with E-state index in [4.69, 9.17) is 5.41 Å². The first-order valence-corrected chi connectivity index (χ1v) is 9.02. The van der Waals surface area contributed by atoms with E-state index in [0.29, 0.717) is 17.8 Å². The van der Waals surface area contributed by atoms with Crippen LogP contribution in [0.2, 0.25) is 0 Å². The average molecular weight is 303 g/mol. The van der Waals surface area contributed by atoms with Gasteiger partial charge >= 0.3 is 0 Å². The number of rotatable bonds is 0. The Morgan fingerprint density at radius 2 is 1.82 bits per heavy atom. The Bertz CT molecular complexity index is 542. The van der Waals surface area contributed by atoms with Crippen LogP contribution in [0.25, 0.3) is 0 Å². The molecule has 3 unspecified atom stereocenters. The summed E-state index contributed by atoms with van der Waals surface area (Å²) in [6.07, 6.45) is 8.61. The maximum absolute atomic E-state index is 10.5. The normalized spacial score (nSPS) is 54.3. The molecular formula is C19H29NO2. The molecule has 3 heteroatoms. The second kappa shape index (κ2) is 4.67. The first-order chi connectivity index (χ1) is 10.4. The molecule has 0 amide bonds. The van der Waals surface area contributed by atoms with Crippen LogP contribution in [-0.4, -0.2) is 28.1 Å². The van der Waals surface area contributed by atoms with Gasteiger partial charge in [0.1, 0.15) is 0 Å². The molecule has 3 saturated carbocycles. The molecule has 4 rings (SSSR count). The zero-order valence-corrected chi connectivity index (χ0v) is 13.8. The lowest BCUT2D eigenvalue weighted by Crippen LogP contribution is -2.53. The van der Waals surface area contributed by atoms with Crippen molar-refractivity contribution in [2.75, 3.05) is 0 Å². The summed E-state index contributed by atoms with van der Waals surface area (Å²) in [5.41, 5.74) is 2.28. The topological polar surface area (TPSA) is 64.3 Å². The van der Waals surface area contributed by atoms with E-state index < -0.39 is 0 Å². The summed E-state index contributed by atoms with van der Waals surface area (Å²) >= 11 is 0. The molecule has 0 bridgehead atoms. The highest BCUT2D eigenvalue weighted by atomic mass is 16.3. The minimum atomic E-state index is -0.217. The van der Waals surface area contributed by atoms with Gasteiger partial charge in [-0.3, -0.25) is 0 Å². The van der Waals surface area contributed by atoms with Gasteiger partial charge in [-0.05, 0) is 73.7 Å². The summed E-state index contributed by atoms with van der Waals surface area (Å²) in [7, 11) is 0. The van der Waals surface area contributed by atoms with Gasteiger partial charge in [0.25, 0.3) is 0 Å². The maximum atomic E-state index is 10.5. The van der Waals surface area contributed by atoms with E-state index in [1.54, 1.807) is 0 Å². The van der Waals surface area contributed by atoms with Crippen molar-refractivity contribution in [3.8, 4) is 0 Å². The van der Waals surface area contributed by atoms with Crippen LogP contribution in [0.1, 0.15) is 58.8 Å². The van der Waals surface area contributed by atoms with Crippen molar-refractivity contribution in [3.63, 3.8) is 0 Å². The van der Waals surface area contributed by atoms with Crippen molar-refractivity contribution in [1.82, 2.24) is 0 Å². The second-order valence-corrected chi connectivity index (χ2v) is 8.82. The van der Waals surface area contributed by atoms with E-state index in [9.17, 15) is 10.2 Å². The molecule has 0 aliphatic heterocycles. The Balaban J connectivity index is 1.75. The minimum Gasteiger partial charge on any atom is -0.393 e. The number of hydrogen-bond acceptors (Lipinski definition) is 3. The van der Waals surface area contributed by atoms with Gasteiger partial charge in [-0.1, -0.05) is 19.4 Å². The number of aliphatic hydroxyl groups excluding tert-OH is 2. The maximum Gasteiger partial charge on any atom is 0.0596 e. The molecule has 4 aliphatic carbocycles. The molecule has 122 valence electrons. The molecule has 0 saturated heterocycles. The largest absolute Gasteiger partial charge is 0.393 e.